The van der Waals surface area contributed by atoms with Crippen LogP contribution in [0.4, 0.5) is 5.69 Å². The summed E-state index contributed by atoms with van der Waals surface area (Å²) in [6, 6.07) is 8.75. The highest BCUT2D eigenvalue weighted by atomic mass is 16.8. The lowest BCUT2D eigenvalue weighted by Gasteiger charge is -2.43. The summed E-state index contributed by atoms with van der Waals surface area (Å²) in [5.41, 5.74) is 1.60. The Morgan fingerprint density at radius 2 is 2.03 bits per heavy atom. The third-order valence-electron chi connectivity index (χ3n) is 6.50. The molecule has 9 heteroatoms. The normalized spacial score (nSPS) is 19.9. The molecule has 0 saturated carbocycles. The van der Waals surface area contributed by atoms with Gasteiger partial charge in [-0.2, -0.15) is 0 Å². The topological polar surface area (TPSA) is 103 Å². The van der Waals surface area contributed by atoms with Gasteiger partial charge in [-0.25, -0.2) is 0 Å². The van der Waals surface area contributed by atoms with Gasteiger partial charge in [0.05, 0.1) is 12.7 Å². The molecule has 2 bridgehead atoms. The van der Waals surface area contributed by atoms with E-state index in [1.54, 1.807) is 17.7 Å². The Kier molecular flexibility index (Phi) is 4.53. The molecule has 1 saturated heterocycles. The standard InChI is InChI=1S/C22H23N4O5/c1-23-12-17(16-8-15(31-2)3-4-19(16)23)21(27)24-9-13-7-14(11-24)18-5-6-20(26(29)30)22(28)25(18)10-13/h3-6,8,12-14,29H,7,9-11H2,1-2H3/q-1. The fourth-order valence-electron chi connectivity index (χ4n) is 5.08. The predicted octanol–water partition coefficient (Wildman–Crippen LogP) is 2.30. The number of benzene rings is 1. The van der Waals surface area contributed by atoms with E-state index in [4.69, 9.17) is 4.74 Å². The summed E-state index contributed by atoms with van der Waals surface area (Å²) in [6.07, 6.45) is 2.73. The number of piperidine rings is 1. The summed E-state index contributed by atoms with van der Waals surface area (Å²) in [5.74, 6) is 0.763. The molecule has 4 heterocycles. The van der Waals surface area contributed by atoms with E-state index in [1.165, 1.54) is 6.07 Å². The van der Waals surface area contributed by atoms with E-state index >= 15 is 0 Å². The first-order valence-electron chi connectivity index (χ1n) is 10.2. The van der Waals surface area contributed by atoms with E-state index in [0.717, 1.165) is 23.0 Å². The van der Waals surface area contributed by atoms with Crippen LogP contribution in [0.3, 0.4) is 0 Å². The van der Waals surface area contributed by atoms with Crippen LogP contribution >= 0.6 is 0 Å². The first kappa shape index (κ1) is 19.7. The maximum atomic E-state index is 13.5. The van der Waals surface area contributed by atoms with Crippen LogP contribution in [0.5, 0.6) is 5.75 Å². The number of amides is 1. The van der Waals surface area contributed by atoms with Crippen LogP contribution in [0.2, 0.25) is 0 Å². The number of fused-ring (bicyclic) bond motifs is 5. The number of pyridine rings is 1. The minimum absolute atomic E-state index is 0.00140. The number of hydrogen-bond acceptors (Lipinski definition) is 6. The summed E-state index contributed by atoms with van der Waals surface area (Å²) >= 11 is 0. The summed E-state index contributed by atoms with van der Waals surface area (Å²) in [4.78, 5) is 28.0. The van der Waals surface area contributed by atoms with Gasteiger partial charge in [-0.1, -0.05) is 0 Å². The van der Waals surface area contributed by atoms with E-state index in [2.05, 4.69) is 0 Å². The van der Waals surface area contributed by atoms with Crippen LogP contribution in [-0.2, 0) is 13.6 Å². The predicted molar refractivity (Wildman–Crippen MR) is 115 cm³/mol. The molecule has 3 aromatic rings. The largest absolute Gasteiger partial charge is 0.733 e. The van der Waals surface area contributed by atoms with Crippen molar-refractivity contribution in [3.8, 4) is 5.75 Å². The molecule has 0 radical (unpaired) electrons. The zero-order valence-corrected chi connectivity index (χ0v) is 17.3. The van der Waals surface area contributed by atoms with E-state index in [0.29, 0.717) is 30.9 Å². The first-order valence-corrected chi connectivity index (χ1v) is 10.2. The molecule has 1 amide bonds. The second-order valence-corrected chi connectivity index (χ2v) is 8.38. The van der Waals surface area contributed by atoms with Crippen LogP contribution in [0.25, 0.3) is 10.9 Å². The van der Waals surface area contributed by atoms with Gasteiger partial charge in [-0.05, 0) is 42.7 Å². The Balaban J connectivity index is 1.49. The van der Waals surface area contributed by atoms with Gasteiger partial charge >= 0.3 is 0 Å². The Bertz CT molecular complexity index is 1240. The molecule has 2 unspecified atom stereocenters. The average Bonchev–Trinajstić information content (AvgIpc) is 3.09. The molecule has 2 aliphatic heterocycles. The lowest BCUT2D eigenvalue weighted by Crippen LogP contribution is -2.49. The number of hydrogen-bond donors (Lipinski definition) is 1. The van der Waals surface area contributed by atoms with Crippen LogP contribution in [0, 0.1) is 11.1 Å². The molecule has 0 spiro atoms. The van der Waals surface area contributed by atoms with Crippen molar-refractivity contribution in [2.75, 3.05) is 25.4 Å². The molecule has 1 N–H and O–H groups in total. The summed E-state index contributed by atoms with van der Waals surface area (Å²) in [7, 11) is 3.52. The first-order chi connectivity index (χ1) is 14.9. The van der Waals surface area contributed by atoms with E-state index < -0.39 is 5.56 Å². The second-order valence-electron chi connectivity index (χ2n) is 8.38. The fraction of sp³-hybridized carbons (Fsp3) is 0.364. The van der Waals surface area contributed by atoms with Gasteiger partial charge in [0.2, 0.25) is 0 Å². The second kappa shape index (κ2) is 7.14. The van der Waals surface area contributed by atoms with Crippen molar-refractivity contribution in [3.05, 3.63) is 63.3 Å². The number of carbonyl (C=O) groups is 1. The Morgan fingerprint density at radius 3 is 2.77 bits per heavy atom. The summed E-state index contributed by atoms with van der Waals surface area (Å²) in [6.45, 7) is 1.44. The highest BCUT2D eigenvalue weighted by Gasteiger charge is 2.37. The minimum atomic E-state index is -0.495. The van der Waals surface area contributed by atoms with Crippen molar-refractivity contribution in [2.45, 2.75) is 18.9 Å². The van der Waals surface area contributed by atoms with Gasteiger partial charge < -0.3 is 29.2 Å². The van der Waals surface area contributed by atoms with Gasteiger partial charge in [0, 0.05) is 55.4 Å². The number of ether oxygens (including phenoxy) is 1. The number of carbonyl (C=O) groups excluding carboxylic acids is 1. The maximum Gasteiger partial charge on any atom is 0.275 e. The van der Waals surface area contributed by atoms with Crippen molar-refractivity contribution in [3.63, 3.8) is 0 Å². The number of aromatic nitrogens is 2. The van der Waals surface area contributed by atoms with Gasteiger partial charge in [-0.3, -0.25) is 14.8 Å². The zero-order chi connectivity index (χ0) is 21.9. The van der Waals surface area contributed by atoms with Gasteiger partial charge in [0.1, 0.15) is 11.4 Å². The molecule has 2 aromatic heterocycles. The quantitative estimate of drug-likeness (QED) is 0.649. The number of nitrogens with zero attached hydrogens (tertiary/aromatic N) is 4. The summed E-state index contributed by atoms with van der Waals surface area (Å²) < 4.78 is 8.85. The van der Waals surface area contributed by atoms with Crippen molar-refractivity contribution in [2.24, 2.45) is 13.0 Å². The number of anilines is 1. The van der Waals surface area contributed by atoms with Crippen molar-refractivity contribution in [1.29, 1.82) is 0 Å². The Hall–Kier alpha value is -3.30. The lowest BCUT2D eigenvalue weighted by atomic mass is 9.83. The number of likely N-dealkylation sites (tertiary alicyclic amines) is 1. The lowest BCUT2D eigenvalue weighted by molar-refractivity contribution is 0.0596. The van der Waals surface area contributed by atoms with Gasteiger partial charge in [0.15, 0.2) is 0 Å². The molecule has 2 atom stereocenters. The highest BCUT2D eigenvalue weighted by molar-refractivity contribution is 6.07. The Labute approximate surface area is 178 Å². The molecular weight excluding hydrogens is 400 g/mol. The molecule has 162 valence electrons. The van der Waals surface area contributed by atoms with Crippen molar-refractivity contribution >= 4 is 22.5 Å². The molecule has 1 fully saturated rings. The number of methoxy groups -OCH3 is 1. The maximum absolute atomic E-state index is 13.5. The molecule has 0 aliphatic carbocycles. The molecule has 5 rings (SSSR count). The third kappa shape index (κ3) is 3.08. The van der Waals surface area contributed by atoms with Crippen LogP contribution in [-0.4, -0.2) is 45.3 Å². The fourth-order valence-corrected chi connectivity index (χ4v) is 5.08. The van der Waals surface area contributed by atoms with E-state index in [-0.39, 0.29) is 28.7 Å². The third-order valence-corrected chi connectivity index (χ3v) is 6.50. The van der Waals surface area contributed by atoms with Crippen molar-refractivity contribution in [1.82, 2.24) is 14.0 Å². The molecular formula is C22H23N4O5-. The Morgan fingerprint density at radius 1 is 1.23 bits per heavy atom. The van der Waals surface area contributed by atoms with E-state index in [9.17, 15) is 20.0 Å². The smallest absolute Gasteiger partial charge is 0.275 e. The highest BCUT2D eigenvalue weighted by Crippen LogP contribution is 2.37. The van der Waals surface area contributed by atoms with Crippen LogP contribution < -0.4 is 15.5 Å². The SMILES string of the molecule is COc1ccc2c(c1)c(C(=O)N1CC3CC(C1)c1ccc(N([O-])O)c(=O)n1C3)cn2C. The number of rotatable bonds is 3. The van der Waals surface area contributed by atoms with Crippen LogP contribution in [0.1, 0.15) is 28.4 Å². The van der Waals surface area contributed by atoms with Crippen molar-refractivity contribution < 1.29 is 14.7 Å². The number of aryl methyl sites for hydroxylation is 1. The van der Waals surface area contributed by atoms with Gasteiger partial charge in [0.25, 0.3) is 11.5 Å². The minimum Gasteiger partial charge on any atom is -0.733 e. The monoisotopic (exact) mass is 423 g/mol. The summed E-state index contributed by atoms with van der Waals surface area (Å²) in [5, 5.41) is 20.9. The molecule has 9 nitrogen and oxygen atoms in total. The van der Waals surface area contributed by atoms with Crippen LogP contribution in [0.15, 0.2) is 41.3 Å². The average molecular weight is 423 g/mol. The van der Waals surface area contributed by atoms with E-state index in [1.807, 2.05) is 40.9 Å². The molecule has 2 aliphatic rings. The molecule has 31 heavy (non-hydrogen) atoms. The molecule has 1 aromatic carbocycles. The zero-order valence-electron chi connectivity index (χ0n) is 17.3. The van der Waals surface area contributed by atoms with Gasteiger partial charge in [-0.15, -0.1) is 0 Å².